The number of hydrogen-bond acceptors (Lipinski definition) is 6. The molecule has 144 valence electrons. The average Bonchev–Trinajstić information content (AvgIpc) is 2.69. The third kappa shape index (κ3) is 3.36. The Balaban J connectivity index is 1.59. The van der Waals surface area contributed by atoms with Crippen molar-refractivity contribution in [2.24, 2.45) is 0 Å². The minimum Gasteiger partial charge on any atom is -0.497 e. The largest absolute Gasteiger partial charge is 0.497 e. The molecule has 0 fully saturated rings. The topological polar surface area (TPSA) is 85.7 Å². The molecule has 2 aromatic carbocycles. The van der Waals surface area contributed by atoms with E-state index in [9.17, 15) is 9.59 Å². The van der Waals surface area contributed by atoms with Gasteiger partial charge in [0.15, 0.2) is 0 Å². The van der Waals surface area contributed by atoms with Gasteiger partial charge in [-0.15, -0.1) is 0 Å². The predicted octanol–water partition coefficient (Wildman–Crippen LogP) is 2.86. The molecular weight excluding hydrogens is 360 g/mol. The van der Waals surface area contributed by atoms with Crippen LogP contribution in [-0.2, 0) is 6.54 Å². The summed E-state index contributed by atoms with van der Waals surface area (Å²) in [4.78, 5) is 31.6. The molecule has 0 radical (unpaired) electrons. The Morgan fingerprint density at radius 1 is 1.14 bits per heavy atom. The van der Waals surface area contributed by atoms with Gasteiger partial charge in [0.05, 0.1) is 18.0 Å². The maximum atomic E-state index is 12.8. The molecule has 0 aliphatic carbocycles. The lowest BCUT2D eigenvalue weighted by molar-refractivity contribution is 0.215. The van der Waals surface area contributed by atoms with Gasteiger partial charge >= 0.3 is 6.09 Å². The van der Waals surface area contributed by atoms with Gasteiger partial charge in [-0.1, -0.05) is 6.07 Å². The number of benzene rings is 2. The first-order valence-corrected chi connectivity index (χ1v) is 8.94. The quantitative estimate of drug-likeness (QED) is 0.752. The maximum absolute atomic E-state index is 12.8. The van der Waals surface area contributed by atoms with Gasteiger partial charge in [0.1, 0.15) is 11.5 Å². The third-order valence-electron chi connectivity index (χ3n) is 4.65. The molecule has 28 heavy (non-hydrogen) atoms. The number of carbonyl (C=O) groups is 1. The Morgan fingerprint density at radius 2 is 2.00 bits per heavy atom. The van der Waals surface area contributed by atoms with Crippen molar-refractivity contribution >= 4 is 28.6 Å². The van der Waals surface area contributed by atoms with Crippen LogP contribution in [0.25, 0.3) is 10.9 Å². The number of ether oxygens (including phenoxy) is 2. The summed E-state index contributed by atoms with van der Waals surface area (Å²) in [5, 5.41) is 3.06. The summed E-state index contributed by atoms with van der Waals surface area (Å²) >= 11 is 0. The second-order valence-electron chi connectivity index (χ2n) is 6.57. The highest BCUT2D eigenvalue weighted by Crippen LogP contribution is 2.22. The number of nitrogens with one attached hydrogen (secondary N) is 1. The first-order chi connectivity index (χ1) is 13.5. The minimum absolute atomic E-state index is 0.134. The highest BCUT2D eigenvalue weighted by molar-refractivity contribution is 5.88. The predicted molar refractivity (Wildman–Crippen MR) is 107 cm³/mol. The second kappa shape index (κ2) is 7.22. The van der Waals surface area contributed by atoms with Crippen LogP contribution >= 0.6 is 0 Å². The van der Waals surface area contributed by atoms with E-state index < -0.39 is 6.09 Å². The van der Waals surface area contributed by atoms with Gasteiger partial charge in [0.2, 0.25) is 5.95 Å². The fourth-order valence-electron chi connectivity index (χ4n) is 3.26. The van der Waals surface area contributed by atoms with Crippen molar-refractivity contribution in [3.05, 3.63) is 52.8 Å². The molecule has 1 aliphatic rings. The Morgan fingerprint density at radius 3 is 2.82 bits per heavy atom. The van der Waals surface area contributed by atoms with E-state index in [1.165, 1.54) is 0 Å². The highest BCUT2D eigenvalue weighted by Gasteiger charge is 2.19. The third-order valence-corrected chi connectivity index (χ3v) is 4.65. The molecule has 2 heterocycles. The number of hydrogen-bond donors (Lipinski definition) is 1. The molecule has 0 unspecified atom stereocenters. The monoisotopic (exact) mass is 380 g/mol. The molecule has 8 heteroatoms. The van der Waals surface area contributed by atoms with Gasteiger partial charge in [0, 0.05) is 31.9 Å². The fourth-order valence-corrected chi connectivity index (χ4v) is 3.26. The Hall–Kier alpha value is -3.55. The lowest BCUT2D eigenvalue weighted by Gasteiger charge is -2.27. The van der Waals surface area contributed by atoms with Crippen LogP contribution < -0.4 is 25.2 Å². The first kappa shape index (κ1) is 17.8. The zero-order valence-corrected chi connectivity index (χ0v) is 15.6. The lowest BCUT2D eigenvalue weighted by Crippen LogP contribution is -2.36. The van der Waals surface area contributed by atoms with Crippen LogP contribution in [-0.4, -0.2) is 36.3 Å². The van der Waals surface area contributed by atoms with Crippen molar-refractivity contribution in [3.63, 3.8) is 0 Å². The number of anilines is 2. The normalized spacial score (nSPS) is 13.1. The molecule has 1 N–H and O–H groups in total. The van der Waals surface area contributed by atoms with E-state index >= 15 is 0 Å². The van der Waals surface area contributed by atoms with Gasteiger partial charge < -0.3 is 14.4 Å². The van der Waals surface area contributed by atoms with Crippen LogP contribution in [0.15, 0.2) is 47.3 Å². The molecule has 1 aromatic heterocycles. The van der Waals surface area contributed by atoms with Crippen LogP contribution in [0.5, 0.6) is 11.5 Å². The van der Waals surface area contributed by atoms with E-state index in [1.54, 1.807) is 54.1 Å². The van der Waals surface area contributed by atoms with Gasteiger partial charge in [-0.25, -0.2) is 9.78 Å². The van der Waals surface area contributed by atoms with Crippen molar-refractivity contribution in [1.29, 1.82) is 0 Å². The first-order valence-electron chi connectivity index (χ1n) is 8.94. The summed E-state index contributed by atoms with van der Waals surface area (Å²) in [6.45, 7) is 1.49. The summed E-state index contributed by atoms with van der Waals surface area (Å²) in [6.07, 6.45) is 0.230. The summed E-state index contributed by atoms with van der Waals surface area (Å²) < 4.78 is 12.1. The Labute approximate surface area is 161 Å². The zero-order valence-electron chi connectivity index (χ0n) is 15.6. The summed E-state index contributed by atoms with van der Waals surface area (Å²) in [5.74, 6) is 1.56. The van der Waals surface area contributed by atoms with E-state index in [0.29, 0.717) is 34.8 Å². The number of methoxy groups -OCH3 is 1. The van der Waals surface area contributed by atoms with Crippen molar-refractivity contribution in [2.75, 3.05) is 30.9 Å². The number of amides is 1. The minimum atomic E-state index is -0.654. The number of carbonyl (C=O) groups excluding carboxylic acids is 1. The van der Waals surface area contributed by atoms with Crippen LogP contribution in [0.3, 0.4) is 0 Å². The number of fused-ring (bicyclic) bond motifs is 2. The van der Waals surface area contributed by atoms with E-state index in [-0.39, 0.29) is 11.3 Å². The van der Waals surface area contributed by atoms with Gasteiger partial charge in [-0.2, -0.15) is 0 Å². The van der Waals surface area contributed by atoms with Crippen molar-refractivity contribution in [3.8, 4) is 11.5 Å². The molecule has 8 nitrogen and oxygen atoms in total. The van der Waals surface area contributed by atoms with Crippen LogP contribution in [0.1, 0.15) is 6.42 Å². The molecule has 3 aromatic rings. The SMILES string of the molecule is COc1cccc(NC(=O)Oc2ccc3nc4n(c(=O)c3c2)CCCN4C)c1. The van der Waals surface area contributed by atoms with E-state index in [4.69, 9.17) is 9.47 Å². The lowest BCUT2D eigenvalue weighted by atomic mass is 10.2. The van der Waals surface area contributed by atoms with Crippen molar-refractivity contribution in [2.45, 2.75) is 13.0 Å². The molecule has 0 atom stereocenters. The van der Waals surface area contributed by atoms with Gasteiger partial charge in [-0.05, 0) is 36.8 Å². The summed E-state index contributed by atoms with van der Waals surface area (Å²) in [6, 6.07) is 11.8. The Bertz CT molecular complexity index is 1110. The summed E-state index contributed by atoms with van der Waals surface area (Å²) in [5.41, 5.74) is 0.986. The van der Waals surface area contributed by atoms with Gasteiger partial charge in [-0.3, -0.25) is 14.7 Å². The number of rotatable bonds is 3. The molecule has 1 amide bonds. The highest BCUT2D eigenvalue weighted by atomic mass is 16.6. The standard InChI is InChI=1S/C20H20N4O4/c1-23-9-4-10-24-18(25)16-12-15(7-8-17(16)22-19(23)24)28-20(26)21-13-5-3-6-14(11-13)27-2/h3,5-8,11-12H,4,9-10H2,1-2H3,(H,21,26). The van der Waals surface area contributed by atoms with Crippen molar-refractivity contribution < 1.29 is 14.3 Å². The van der Waals surface area contributed by atoms with Crippen LogP contribution in [0, 0.1) is 0 Å². The van der Waals surface area contributed by atoms with Crippen LogP contribution in [0.2, 0.25) is 0 Å². The van der Waals surface area contributed by atoms with E-state index in [2.05, 4.69) is 10.3 Å². The molecule has 1 aliphatic heterocycles. The van der Waals surface area contributed by atoms with E-state index in [1.807, 2.05) is 11.9 Å². The molecule has 4 rings (SSSR count). The smallest absolute Gasteiger partial charge is 0.417 e. The fraction of sp³-hybridized carbons (Fsp3) is 0.250. The maximum Gasteiger partial charge on any atom is 0.417 e. The Kier molecular flexibility index (Phi) is 4.60. The average molecular weight is 380 g/mol. The molecule has 0 saturated heterocycles. The van der Waals surface area contributed by atoms with Crippen LogP contribution in [0.4, 0.5) is 16.4 Å². The molecule has 0 bridgehead atoms. The molecule has 0 saturated carbocycles. The second-order valence-corrected chi connectivity index (χ2v) is 6.57. The number of aromatic nitrogens is 2. The molecular formula is C20H20N4O4. The zero-order chi connectivity index (χ0) is 19.7. The van der Waals surface area contributed by atoms with Crippen molar-refractivity contribution in [1.82, 2.24) is 9.55 Å². The summed E-state index contributed by atoms with van der Waals surface area (Å²) in [7, 11) is 3.47. The number of nitrogens with zero attached hydrogens (tertiary/aromatic N) is 3. The van der Waals surface area contributed by atoms with E-state index in [0.717, 1.165) is 13.0 Å². The van der Waals surface area contributed by atoms with Gasteiger partial charge in [0.25, 0.3) is 5.56 Å². The molecule has 0 spiro atoms.